The van der Waals surface area contributed by atoms with Crippen molar-refractivity contribution in [1.29, 1.82) is 0 Å². The third-order valence-corrected chi connectivity index (χ3v) is 10.5. The van der Waals surface area contributed by atoms with E-state index >= 15 is 0 Å². The fraction of sp³-hybridized carbons (Fsp3) is 0.207. The maximum atomic E-state index is 13.6. The Kier molecular flexibility index (Phi) is 11.1. The summed E-state index contributed by atoms with van der Waals surface area (Å²) in [6.07, 6.45) is 4.67. The Balaban J connectivity index is 1.65. The Labute approximate surface area is 288 Å². The molecule has 0 aromatic heterocycles. The van der Waals surface area contributed by atoms with Crippen LogP contribution in [0, 0.1) is 10.7 Å². The summed E-state index contributed by atoms with van der Waals surface area (Å²) in [4.78, 5) is 39.1. The highest BCUT2D eigenvalue weighted by Gasteiger charge is 2.35. The number of esters is 3. The normalized spacial score (nSPS) is 14.0. The zero-order valence-corrected chi connectivity index (χ0v) is 29.4. The summed E-state index contributed by atoms with van der Waals surface area (Å²) in [5, 5.41) is 0. The van der Waals surface area contributed by atoms with Crippen LogP contribution in [0.2, 0.25) is 0 Å². The van der Waals surface area contributed by atoms with Crippen LogP contribution >= 0.6 is 67.8 Å². The van der Waals surface area contributed by atoms with Crippen LogP contribution in [0.1, 0.15) is 46.4 Å². The Bertz CT molecular complexity index is 1660. The fourth-order valence-electron chi connectivity index (χ4n) is 4.40. The molecule has 1 aliphatic rings. The number of benzene rings is 3. The SMILES string of the molecule is C=CC1(OC(=O)COc2cccc(C(=O)Oc3ccc(I)cc3)c2C(=O)Oc2cc(I)c(S(=O)(=O)[O-])c(I)c2)CCCC1. The first-order valence-corrected chi connectivity index (χ1v) is 17.2. The van der Waals surface area contributed by atoms with Gasteiger partial charge in [-0.15, -0.1) is 0 Å². The monoisotopic (exact) mass is 943 g/mol. The van der Waals surface area contributed by atoms with Crippen LogP contribution in [0.3, 0.4) is 0 Å². The van der Waals surface area contributed by atoms with E-state index in [1.807, 2.05) is 0 Å². The minimum atomic E-state index is -4.79. The third kappa shape index (κ3) is 8.46. The summed E-state index contributed by atoms with van der Waals surface area (Å²) in [7, 11) is -4.79. The van der Waals surface area contributed by atoms with Crippen molar-refractivity contribution >= 4 is 95.8 Å². The molecule has 0 N–H and O–H groups in total. The third-order valence-electron chi connectivity index (χ3n) is 6.39. The van der Waals surface area contributed by atoms with Gasteiger partial charge in [-0.1, -0.05) is 12.6 Å². The maximum absolute atomic E-state index is 13.6. The molecular weight excluding hydrogens is 921 g/mol. The van der Waals surface area contributed by atoms with Gasteiger partial charge in [0.05, 0.1) is 10.5 Å². The molecule has 0 aliphatic heterocycles. The Morgan fingerprint density at radius 2 is 1.51 bits per heavy atom. The van der Waals surface area contributed by atoms with Crippen LogP contribution in [0.5, 0.6) is 17.2 Å². The van der Waals surface area contributed by atoms with Crippen LogP contribution < -0.4 is 14.2 Å². The number of carbonyl (C=O) groups excluding carboxylic acids is 3. The largest absolute Gasteiger partial charge is 0.744 e. The van der Waals surface area contributed by atoms with E-state index < -0.39 is 45.1 Å². The van der Waals surface area contributed by atoms with E-state index in [2.05, 4.69) is 29.2 Å². The van der Waals surface area contributed by atoms with Gasteiger partial charge in [0, 0.05) is 10.7 Å². The van der Waals surface area contributed by atoms with Crippen molar-refractivity contribution < 1.29 is 46.3 Å². The molecule has 4 rings (SSSR count). The van der Waals surface area contributed by atoms with Gasteiger partial charge in [0.25, 0.3) is 0 Å². The quantitative estimate of drug-likeness (QED) is 0.0751. The van der Waals surface area contributed by atoms with Crippen molar-refractivity contribution in [3.8, 4) is 17.2 Å². The van der Waals surface area contributed by atoms with Crippen LogP contribution in [0.4, 0.5) is 0 Å². The molecule has 14 heteroatoms. The van der Waals surface area contributed by atoms with Crippen LogP contribution in [-0.2, 0) is 19.6 Å². The van der Waals surface area contributed by atoms with Gasteiger partial charge in [0.15, 0.2) is 6.61 Å². The first kappa shape index (κ1) is 33.6. The van der Waals surface area contributed by atoms with Gasteiger partial charge in [-0.3, -0.25) is 0 Å². The smallest absolute Gasteiger partial charge is 0.348 e. The lowest BCUT2D eigenvalue weighted by molar-refractivity contribution is -0.157. The van der Waals surface area contributed by atoms with E-state index in [1.54, 1.807) is 75.5 Å². The standard InChI is InChI=1S/C29H23I3O10S/c1-2-29(12-3-4-13-29)42-24(33)16-39-23-7-5-6-20(27(34)40-18-10-8-17(30)9-11-18)25(23)28(35)41-19-14-21(31)26(22(32)15-19)43(36,37)38/h2,5-11,14-15H,1,3-4,12-13,16H2,(H,36,37,38)/p-1. The van der Waals surface area contributed by atoms with Crippen molar-refractivity contribution in [2.45, 2.75) is 36.2 Å². The topological polar surface area (TPSA) is 145 Å². The van der Waals surface area contributed by atoms with Gasteiger partial charge >= 0.3 is 17.9 Å². The van der Waals surface area contributed by atoms with Crippen LogP contribution in [0.25, 0.3) is 0 Å². The lowest BCUT2D eigenvalue weighted by atomic mass is 10.0. The first-order chi connectivity index (χ1) is 20.3. The van der Waals surface area contributed by atoms with E-state index in [4.69, 9.17) is 18.9 Å². The molecule has 3 aromatic carbocycles. The zero-order valence-electron chi connectivity index (χ0n) is 22.1. The molecule has 0 spiro atoms. The summed E-state index contributed by atoms with van der Waals surface area (Å²) in [5.74, 6) is -2.65. The van der Waals surface area contributed by atoms with Gasteiger partial charge in [-0.2, -0.15) is 0 Å². The Morgan fingerprint density at radius 3 is 2.09 bits per heavy atom. The summed E-state index contributed by atoms with van der Waals surface area (Å²) in [6, 6.07) is 13.2. The van der Waals surface area contributed by atoms with Gasteiger partial charge in [-0.05, 0) is 148 Å². The molecule has 1 fully saturated rings. The van der Waals surface area contributed by atoms with Crippen molar-refractivity contribution in [2.75, 3.05) is 6.61 Å². The van der Waals surface area contributed by atoms with Crippen molar-refractivity contribution in [3.63, 3.8) is 0 Å². The first-order valence-electron chi connectivity index (χ1n) is 12.6. The summed E-state index contributed by atoms with van der Waals surface area (Å²) >= 11 is 5.40. The predicted molar refractivity (Wildman–Crippen MR) is 178 cm³/mol. The van der Waals surface area contributed by atoms with Crippen LogP contribution in [0.15, 0.2) is 72.1 Å². The van der Waals surface area contributed by atoms with Crippen LogP contribution in [-0.4, -0.2) is 43.1 Å². The number of hydrogen-bond acceptors (Lipinski definition) is 10. The Hall–Kier alpha value is -2.29. The second-order valence-corrected chi connectivity index (χ2v) is 14.2. The second kappa shape index (κ2) is 14.2. The van der Waals surface area contributed by atoms with E-state index in [1.165, 1.54) is 30.3 Å². The van der Waals surface area contributed by atoms with Crippen molar-refractivity contribution in [2.24, 2.45) is 0 Å². The lowest BCUT2D eigenvalue weighted by Crippen LogP contribution is -2.32. The van der Waals surface area contributed by atoms with Gasteiger partial charge in [-0.25, -0.2) is 22.8 Å². The molecule has 10 nitrogen and oxygen atoms in total. The van der Waals surface area contributed by atoms with Gasteiger partial charge in [0.1, 0.15) is 38.5 Å². The van der Waals surface area contributed by atoms with E-state index in [9.17, 15) is 27.4 Å². The van der Waals surface area contributed by atoms with Gasteiger partial charge < -0.3 is 23.5 Å². The van der Waals surface area contributed by atoms with Gasteiger partial charge in [0.2, 0.25) is 0 Å². The molecule has 0 heterocycles. The predicted octanol–water partition coefficient (Wildman–Crippen LogP) is 6.26. The van der Waals surface area contributed by atoms with Crippen molar-refractivity contribution in [3.05, 3.63) is 89.1 Å². The molecular formula is C29H22I3O10S-. The summed E-state index contributed by atoms with van der Waals surface area (Å²) in [5.41, 5.74) is -1.33. The average molecular weight is 943 g/mol. The lowest BCUT2D eigenvalue weighted by Gasteiger charge is -2.25. The minimum Gasteiger partial charge on any atom is -0.744 e. The zero-order chi connectivity index (χ0) is 31.4. The molecule has 0 atom stereocenters. The molecule has 0 amide bonds. The summed E-state index contributed by atoms with van der Waals surface area (Å²) in [6.45, 7) is 3.21. The molecule has 1 aliphatic carbocycles. The number of ether oxygens (including phenoxy) is 4. The number of carbonyl (C=O) groups is 3. The van der Waals surface area contributed by atoms with E-state index in [0.29, 0.717) is 12.8 Å². The Morgan fingerprint density at radius 1 is 0.907 bits per heavy atom. The number of hydrogen-bond donors (Lipinski definition) is 0. The number of halogens is 3. The second-order valence-electron chi connectivity index (χ2n) is 9.32. The molecule has 0 unspecified atom stereocenters. The van der Waals surface area contributed by atoms with E-state index in [0.717, 1.165) is 16.4 Å². The molecule has 43 heavy (non-hydrogen) atoms. The average Bonchev–Trinajstić information content (AvgIpc) is 3.40. The fourth-order valence-corrected chi connectivity index (χ4v) is 8.69. The van der Waals surface area contributed by atoms with Crippen molar-refractivity contribution in [1.82, 2.24) is 0 Å². The summed E-state index contributed by atoms with van der Waals surface area (Å²) < 4.78 is 58.2. The molecule has 0 radical (unpaired) electrons. The molecule has 3 aromatic rings. The minimum absolute atomic E-state index is 0.0379. The number of rotatable bonds is 10. The molecule has 0 saturated heterocycles. The highest BCUT2D eigenvalue weighted by molar-refractivity contribution is 14.1. The highest BCUT2D eigenvalue weighted by atomic mass is 127. The van der Waals surface area contributed by atoms with E-state index in [-0.39, 0.29) is 35.5 Å². The maximum Gasteiger partial charge on any atom is 0.348 e. The highest BCUT2D eigenvalue weighted by Crippen LogP contribution is 2.35. The molecule has 226 valence electrons. The molecule has 0 bridgehead atoms. The molecule has 1 saturated carbocycles.